The van der Waals surface area contributed by atoms with E-state index in [-0.39, 0.29) is 12.5 Å². The standard InChI is InChI=1S/C15H21N3O/c1-10-4-7-14(11(2)8-10)16-9-15(19)18-17-12(3)13-5-6-13/h4,7-8,13,16H,5-6,9H2,1-3H3,(H,18,19)/b17-12-. The molecular weight excluding hydrogens is 238 g/mol. The van der Waals surface area contributed by atoms with Gasteiger partial charge in [-0.25, -0.2) is 5.43 Å². The molecule has 0 atom stereocenters. The number of hydrogen-bond acceptors (Lipinski definition) is 3. The Labute approximate surface area is 114 Å². The SMILES string of the molecule is C/C(=N/NC(=O)CNc1ccc(C)cc1C)C1CC1. The first-order valence-electron chi connectivity index (χ1n) is 6.70. The number of nitrogens with one attached hydrogen (secondary N) is 2. The van der Waals surface area contributed by atoms with Gasteiger partial charge < -0.3 is 5.32 Å². The zero-order valence-electron chi connectivity index (χ0n) is 11.8. The fourth-order valence-corrected chi connectivity index (χ4v) is 1.97. The minimum absolute atomic E-state index is 0.111. The van der Waals surface area contributed by atoms with E-state index in [2.05, 4.69) is 28.8 Å². The summed E-state index contributed by atoms with van der Waals surface area (Å²) in [7, 11) is 0. The van der Waals surface area contributed by atoms with Crippen LogP contribution >= 0.6 is 0 Å². The number of amides is 1. The third-order valence-corrected chi connectivity index (χ3v) is 3.35. The van der Waals surface area contributed by atoms with Gasteiger partial charge in [0.2, 0.25) is 0 Å². The van der Waals surface area contributed by atoms with Crippen molar-refractivity contribution in [1.82, 2.24) is 5.43 Å². The van der Waals surface area contributed by atoms with Crippen molar-refractivity contribution < 1.29 is 4.79 Å². The van der Waals surface area contributed by atoms with Gasteiger partial charge in [0.25, 0.3) is 5.91 Å². The maximum atomic E-state index is 11.7. The number of anilines is 1. The van der Waals surface area contributed by atoms with Crippen molar-refractivity contribution in [2.45, 2.75) is 33.6 Å². The average molecular weight is 259 g/mol. The van der Waals surface area contributed by atoms with Gasteiger partial charge in [-0.1, -0.05) is 17.7 Å². The maximum Gasteiger partial charge on any atom is 0.259 e. The van der Waals surface area contributed by atoms with Crippen molar-refractivity contribution in [3.63, 3.8) is 0 Å². The van der Waals surface area contributed by atoms with Crippen LogP contribution < -0.4 is 10.7 Å². The van der Waals surface area contributed by atoms with Crippen LogP contribution in [0.1, 0.15) is 30.9 Å². The summed E-state index contributed by atoms with van der Waals surface area (Å²) in [6.45, 7) is 6.29. The summed E-state index contributed by atoms with van der Waals surface area (Å²) < 4.78 is 0. The van der Waals surface area contributed by atoms with E-state index in [1.165, 1.54) is 18.4 Å². The summed E-state index contributed by atoms with van der Waals surface area (Å²) >= 11 is 0. The van der Waals surface area contributed by atoms with Crippen LogP contribution in [0.25, 0.3) is 0 Å². The number of rotatable bonds is 5. The second-order valence-electron chi connectivity index (χ2n) is 5.23. The third-order valence-electron chi connectivity index (χ3n) is 3.35. The molecule has 102 valence electrons. The molecule has 2 rings (SSSR count). The van der Waals surface area contributed by atoms with Crippen molar-refractivity contribution in [1.29, 1.82) is 0 Å². The van der Waals surface area contributed by atoms with Crippen LogP contribution in [0.4, 0.5) is 5.69 Å². The van der Waals surface area contributed by atoms with Gasteiger partial charge in [-0.05, 0) is 51.2 Å². The van der Waals surface area contributed by atoms with Gasteiger partial charge in [0.15, 0.2) is 0 Å². The molecule has 4 nitrogen and oxygen atoms in total. The van der Waals surface area contributed by atoms with E-state index in [9.17, 15) is 4.79 Å². The largest absolute Gasteiger partial charge is 0.376 e. The van der Waals surface area contributed by atoms with Crippen LogP contribution in [-0.4, -0.2) is 18.2 Å². The Morgan fingerprint density at radius 2 is 2.11 bits per heavy atom. The molecule has 0 aliphatic heterocycles. The summed E-state index contributed by atoms with van der Waals surface area (Å²) in [5, 5.41) is 7.24. The molecule has 0 saturated heterocycles. The normalized spacial score (nSPS) is 15.2. The Morgan fingerprint density at radius 3 is 2.74 bits per heavy atom. The van der Waals surface area contributed by atoms with E-state index < -0.39 is 0 Å². The molecule has 0 aromatic heterocycles. The van der Waals surface area contributed by atoms with Gasteiger partial charge in [-0.3, -0.25) is 4.79 Å². The molecule has 1 aliphatic rings. The van der Waals surface area contributed by atoms with Crippen molar-refractivity contribution in [2.24, 2.45) is 11.0 Å². The highest BCUT2D eigenvalue weighted by atomic mass is 16.2. The topological polar surface area (TPSA) is 53.5 Å². The number of carbonyl (C=O) groups excluding carboxylic acids is 1. The van der Waals surface area contributed by atoms with E-state index in [0.717, 1.165) is 17.0 Å². The van der Waals surface area contributed by atoms with Gasteiger partial charge in [-0.2, -0.15) is 5.10 Å². The first-order chi connectivity index (χ1) is 9.06. The molecule has 0 bridgehead atoms. The van der Waals surface area contributed by atoms with Crippen LogP contribution in [0.3, 0.4) is 0 Å². The Kier molecular flexibility index (Phi) is 4.20. The summed E-state index contributed by atoms with van der Waals surface area (Å²) in [6.07, 6.45) is 2.40. The molecular formula is C15H21N3O. The van der Waals surface area contributed by atoms with Crippen molar-refractivity contribution in [3.8, 4) is 0 Å². The summed E-state index contributed by atoms with van der Waals surface area (Å²) in [4.78, 5) is 11.7. The number of hydrazone groups is 1. The molecule has 19 heavy (non-hydrogen) atoms. The van der Waals surface area contributed by atoms with E-state index in [1.54, 1.807) is 0 Å². The van der Waals surface area contributed by atoms with E-state index in [1.807, 2.05) is 26.0 Å². The lowest BCUT2D eigenvalue weighted by Gasteiger charge is -2.09. The molecule has 1 aliphatic carbocycles. The number of hydrogen-bond donors (Lipinski definition) is 2. The molecule has 0 spiro atoms. The smallest absolute Gasteiger partial charge is 0.259 e. The number of nitrogens with zero attached hydrogens (tertiary/aromatic N) is 1. The van der Waals surface area contributed by atoms with Crippen LogP contribution in [0.15, 0.2) is 23.3 Å². The Hall–Kier alpha value is -1.84. The van der Waals surface area contributed by atoms with E-state index in [4.69, 9.17) is 0 Å². The minimum atomic E-state index is -0.111. The van der Waals surface area contributed by atoms with Gasteiger partial charge >= 0.3 is 0 Å². The Bertz CT molecular complexity index is 504. The molecule has 2 N–H and O–H groups in total. The minimum Gasteiger partial charge on any atom is -0.376 e. The molecule has 1 aromatic carbocycles. The van der Waals surface area contributed by atoms with Crippen molar-refractivity contribution in [3.05, 3.63) is 29.3 Å². The zero-order chi connectivity index (χ0) is 13.8. The lowest BCUT2D eigenvalue weighted by molar-refractivity contribution is -0.119. The van der Waals surface area contributed by atoms with Crippen LogP contribution in [0.2, 0.25) is 0 Å². The summed E-state index contributed by atoms with van der Waals surface area (Å²) in [5.74, 6) is 0.479. The molecule has 4 heteroatoms. The third kappa shape index (κ3) is 4.09. The van der Waals surface area contributed by atoms with Gasteiger partial charge in [0, 0.05) is 11.4 Å². The Morgan fingerprint density at radius 1 is 1.37 bits per heavy atom. The van der Waals surface area contributed by atoms with Gasteiger partial charge in [0.05, 0.1) is 6.54 Å². The molecule has 1 fully saturated rings. The monoisotopic (exact) mass is 259 g/mol. The number of aryl methyl sites for hydroxylation is 2. The lowest BCUT2D eigenvalue weighted by atomic mass is 10.1. The fraction of sp³-hybridized carbons (Fsp3) is 0.467. The molecule has 1 amide bonds. The highest BCUT2D eigenvalue weighted by molar-refractivity contribution is 5.88. The van der Waals surface area contributed by atoms with Gasteiger partial charge in [0.1, 0.15) is 0 Å². The van der Waals surface area contributed by atoms with Crippen LogP contribution in [-0.2, 0) is 4.79 Å². The molecule has 0 unspecified atom stereocenters. The van der Waals surface area contributed by atoms with Gasteiger partial charge in [-0.15, -0.1) is 0 Å². The molecule has 0 heterocycles. The summed E-state index contributed by atoms with van der Waals surface area (Å²) in [6, 6.07) is 6.12. The first-order valence-corrected chi connectivity index (χ1v) is 6.70. The number of benzene rings is 1. The number of carbonyl (C=O) groups is 1. The predicted molar refractivity (Wildman–Crippen MR) is 78.4 cm³/mol. The van der Waals surface area contributed by atoms with Crippen molar-refractivity contribution >= 4 is 17.3 Å². The first kappa shape index (κ1) is 13.6. The maximum absolute atomic E-state index is 11.7. The highest BCUT2D eigenvalue weighted by Crippen LogP contribution is 2.30. The summed E-state index contributed by atoms with van der Waals surface area (Å²) in [5.41, 5.74) is 6.97. The van der Waals surface area contributed by atoms with Crippen LogP contribution in [0, 0.1) is 19.8 Å². The van der Waals surface area contributed by atoms with Crippen molar-refractivity contribution in [2.75, 3.05) is 11.9 Å². The second-order valence-corrected chi connectivity index (χ2v) is 5.23. The van der Waals surface area contributed by atoms with Crippen LogP contribution in [0.5, 0.6) is 0 Å². The Balaban J connectivity index is 1.81. The van der Waals surface area contributed by atoms with E-state index in [0.29, 0.717) is 5.92 Å². The molecule has 1 aromatic rings. The highest BCUT2D eigenvalue weighted by Gasteiger charge is 2.24. The second kappa shape index (κ2) is 5.87. The predicted octanol–water partition coefficient (Wildman–Crippen LogP) is 2.62. The average Bonchev–Trinajstić information content (AvgIpc) is 3.19. The quantitative estimate of drug-likeness (QED) is 0.631. The van der Waals surface area contributed by atoms with E-state index >= 15 is 0 Å². The molecule has 1 saturated carbocycles. The molecule has 0 radical (unpaired) electrons. The lowest BCUT2D eigenvalue weighted by Crippen LogP contribution is -2.27. The zero-order valence-corrected chi connectivity index (χ0v) is 11.8. The fourth-order valence-electron chi connectivity index (χ4n) is 1.97.